The van der Waals surface area contributed by atoms with Crippen LogP contribution in [0.15, 0.2) is 24.6 Å². The Morgan fingerprint density at radius 1 is 1.89 bits per heavy atom. The molecule has 1 aliphatic rings. The molecule has 0 fully saturated rings. The molecule has 0 aromatic rings. The minimum absolute atomic E-state index is 0.596. The molecule has 1 N–H and O–H groups in total. The summed E-state index contributed by atoms with van der Waals surface area (Å²) in [5, 5.41) is 3.08. The van der Waals surface area contributed by atoms with E-state index in [1.807, 2.05) is 6.08 Å². The molecule has 1 heterocycles. The summed E-state index contributed by atoms with van der Waals surface area (Å²) in [4.78, 5) is 0. The predicted octanol–water partition coefficient (Wildman–Crippen LogP) is 1.02. The fraction of sp³-hybridized carbons (Fsp3) is 0.429. The van der Waals surface area contributed by atoms with Crippen LogP contribution >= 0.6 is 0 Å². The molecular weight excluding hydrogens is 114 g/mol. The van der Waals surface area contributed by atoms with Gasteiger partial charge in [-0.25, -0.2) is 0 Å². The highest BCUT2D eigenvalue weighted by atomic mass is 16.5. The first-order valence-corrected chi connectivity index (χ1v) is 3.11. The normalized spacial score (nSPS) is 16.2. The van der Waals surface area contributed by atoms with Crippen molar-refractivity contribution < 1.29 is 4.74 Å². The van der Waals surface area contributed by atoms with E-state index in [-0.39, 0.29) is 0 Å². The summed E-state index contributed by atoms with van der Waals surface area (Å²) in [5.74, 6) is 0.898. The van der Waals surface area contributed by atoms with Crippen molar-refractivity contribution in [2.75, 3.05) is 13.2 Å². The maximum absolute atomic E-state index is 5.18. The van der Waals surface area contributed by atoms with Crippen molar-refractivity contribution >= 4 is 0 Å². The number of ether oxygens (including phenoxy) is 1. The summed E-state index contributed by atoms with van der Waals surface area (Å²) in [6.45, 7) is 5.14. The van der Waals surface area contributed by atoms with Crippen molar-refractivity contribution in [2.45, 2.75) is 6.42 Å². The zero-order valence-electron chi connectivity index (χ0n) is 5.39. The van der Waals surface area contributed by atoms with Gasteiger partial charge in [-0.05, 0) is 12.5 Å². The molecule has 1 rings (SSSR count). The maximum atomic E-state index is 5.18. The molecule has 0 atom stereocenters. The van der Waals surface area contributed by atoms with E-state index >= 15 is 0 Å². The summed E-state index contributed by atoms with van der Waals surface area (Å²) in [6.07, 6.45) is 4.86. The molecular formula is C7H11NO. The fourth-order valence-corrected chi connectivity index (χ4v) is 0.729. The van der Waals surface area contributed by atoms with Crippen LogP contribution in [0.2, 0.25) is 0 Å². The molecule has 9 heavy (non-hydrogen) atoms. The fourth-order valence-electron chi connectivity index (χ4n) is 0.729. The van der Waals surface area contributed by atoms with Crippen molar-refractivity contribution in [3.63, 3.8) is 0 Å². The number of hydrogen-bond donors (Lipinski definition) is 1. The summed E-state index contributed by atoms with van der Waals surface area (Å²) in [7, 11) is 0. The summed E-state index contributed by atoms with van der Waals surface area (Å²) in [5.41, 5.74) is 0. The first-order valence-electron chi connectivity index (χ1n) is 3.11. The Labute approximate surface area is 55.2 Å². The first kappa shape index (κ1) is 6.20. The average Bonchev–Trinajstić information content (AvgIpc) is 2.34. The lowest BCUT2D eigenvalue weighted by molar-refractivity contribution is 0.230. The third-order valence-electron chi connectivity index (χ3n) is 1.13. The molecule has 0 bridgehead atoms. The van der Waals surface area contributed by atoms with E-state index < -0.39 is 0 Å². The van der Waals surface area contributed by atoms with Crippen LogP contribution in [0.4, 0.5) is 0 Å². The molecule has 0 aliphatic carbocycles. The van der Waals surface area contributed by atoms with Gasteiger partial charge in [0.05, 0.1) is 0 Å². The molecule has 2 heteroatoms. The van der Waals surface area contributed by atoms with Crippen molar-refractivity contribution in [3.8, 4) is 0 Å². The predicted molar refractivity (Wildman–Crippen MR) is 36.9 cm³/mol. The Morgan fingerprint density at radius 3 is 3.33 bits per heavy atom. The lowest BCUT2D eigenvalue weighted by atomic mass is 10.5. The molecule has 0 spiro atoms. The van der Waals surface area contributed by atoms with E-state index in [1.165, 1.54) is 0 Å². The molecule has 0 aromatic heterocycles. The number of hydrogen-bond acceptors (Lipinski definition) is 2. The van der Waals surface area contributed by atoms with Crippen LogP contribution in [0.25, 0.3) is 0 Å². The van der Waals surface area contributed by atoms with Gasteiger partial charge in [0.25, 0.3) is 0 Å². The second kappa shape index (κ2) is 3.17. The van der Waals surface area contributed by atoms with Gasteiger partial charge in [0, 0.05) is 6.54 Å². The molecule has 2 nitrogen and oxygen atoms in total. The monoisotopic (exact) mass is 125 g/mol. The Morgan fingerprint density at radius 2 is 2.78 bits per heavy atom. The van der Waals surface area contributed by atoms with E-state index in [0.717, 1.165) is 18.8 Å². The van der Waals surface area contributed by atoms with Crippen LogP contribution < -0.4 is 5.32 Å². The van der Waals surface area contributed by atoms with Crippen molar-refractivity contribution in [1.29, 1.82) is 0 Å². The third-order valence-corrected chi connectivity index (χ3v) is 1.13. The minimum Gasteiger partial charge on any atom is -0.475 e. The molecule has 1 aliphatic heterocycles. The van der Waals surface area contributed by atoms with Crippen LogP contribution in [0.5, 0.6) is 0 Å². The van der Waals surface area contributed by atoms with Gasteiger partial charge in [-0.1, -0.05) is 12.7 Å². The summed E-state index contributed by atoms with van der Waals surface area (Å²) in [6, 6.07) is 0. The van der Waals surface area contributed by atoms with Crippen LogP contribution in [0.3, 0.4) is 0 Å². The molecule has 0 saturated carbocycles. The Balaban J connectivity index is 2.18. The van der Waals surface area contributed by atoms with Crippen molar-refractivity contribution in [2.24, 2.45) is 0 Å². The second-order valence-electron chi connectivity index (χ2n) is 1.88. The van der Waals surface area contributed by atoms with Crippen molar-refractivity contribution in [1.82, 2.24) is 5.32 Å². The molecule has 0 aromatic carbocycles. The van der Waals surface area contributed by atoms with Crippen molar-refractivity contribution in [3.05, 3.63) is 24.6 Å². The van der Waals surface area contributed by atoms with Crippen LogP contribution in [-0.4, -0.2) is 13.2 Å². The zero-order chi connectivity index (χ0) is 6.53. The SMILES string of the molecule is C=CCOC1=CCCN1. The van der Waals surface area contributed by atoms with E-state index in [2.05, 4.69) is 11.9 Å². The second-order valence-corrected chi connectivity index (χ2v) is 1.88. The van der Waals surface area contributed by atoms with Gasteiger partial charge in [-0.3, -0.25) is 0 Å². The standard InChI is InChI=1S/C7H11NO/c1-2-6-9-7-4-3-5-8-7/h2,4,8H,1,3,5-6H2. The van der Waals surface area contributed by atoms with E-state index in [0.29, 0.717) is 6.61 Å². The smallest absolute Gasteiger partial charge is 0.182 e. The topological polar surface area (TPSA) is 21.3 Å². The highest BCUT2D eigenvalue weighted by Crippen LogP contribution is 2.01. The van der Waals surface area contributed by atoms with Crippen LogP contribution in [0.1, 0.15) is 6.42 Å². The molecule has 0 saturated heterocycles. The molecule has 0 amide bonds. The largest absolute Gasteiger partial charge is 0.475 e. The summed E-state index contributed by atoms with van der Waals surface area (Å²) >= 11 is 0. The molecule has 0 unspecified atom stereocenters. The molecule has 0 radical (unpaired) electrons. The van der Waals surface area contributed by atoms with Gasteiger partial charge in [0.2, 0.25) is 0 Å². The van der Waals surface area contributed by atoms with Gasteiger partial charge >= 0.3 is 0 Å². The summed E-state index contributed by atoms with van der Waals surface area (Å²) < 4.78 is 5.18. The quantitative estimate of drug-likeness (QED) is 0.569. The van der Waals surface area contributed by atoms with Gasteiger partial charge in [0.1, 0.15) is 6.61 Å². The van der Waals surface area contributed by atoms with Crippen LogP contribution in [-0.2, 0) is 4.74 Å². The minimum atomic E-state index is 0.596. The maximum Gasteiger partial charge on any atom is 0.182 e. The lowest BCUT2D eigenvalue weighted by Crippen LogP contribution is -2.09. The lowest BCUT2D eigenvalue weighted by Gasteiger charge is -2.02. The molecule has 50 valence electrons. The third kappa shape index (κ3) is 1.80. The Kier molecular flexibility index (Phi) is 2.19. The van der Waals surface area contributed by atoms with E-state index in [9.17, 15) is 0 Å². The highest BCUT2D eigenvalue weighted by molar-refractivity contribution is 4.97. The highest BCUT2D eigenvalue weighted by Gasteiger charge is 2.00. The van der Waals surface area contributed by atoms with Gasteiger partial charge < -0.3 is 10.1 Å². The average molecular weight is 125 g/mol. The Hall–Kier alpha value is -0.920. The van der Waals surface area contributed by atoms with Gasteiger partial charge in [-0.15, -0.1) is 0 Å². The number of rotatable bonds is 3. The number of nitrogens with one attached hydrogen (secondary N) is 1. The van der Waals surface area contributed by atoms with Gasteiger partial charge in [-0.2, -0.15) is 0 Å². The van der Waals surface area contributed by atoms with Gasteiger partial charge in [0.15, 0.2) is 5.88 Å². The zero-order valence-corrected chi connectivity index (χ0v) is 5.39. The Bertz CT molecular complexity index is 129. The first-order chi connectivity index (χ1) is 4.43. The van der Waals surface area contributed by atoms with E-state index in [1.54, 1.807) is 6.08 Å². The van der Waals surface area contributed by atoms with Crippen LogP contribution in [0, 0.1) is 0 Å². The van der Waals surface area contributed by atoms with E-state index in [4.69, 9.17) is 4.74 Å².